The molecule has 8 heteroatoms. The van der Waals surface area contributed by atoms with Crippen LogP contribution < -0.4 is 10.6 Å². The third-order valence-electron chi connectivity index (χ3n) is 7.38. The van der Waals surface area contributed by atoms with Crippen molar-refractivity contribution in [3.05, 3.63) is 78.0 Å². The molecule has 190 valence electrons. The monoisotopic (exact) mass is 496 g/mol. The number of fused-ring (bicyclic) bond motifs is 1. The molecule has 37 heavy (non-hydrogen) atoms. The second-order valence-electron chi connectivity index (χ2n) is 10.3. The van der Waals surface area contributed by atoms with Gasteiger partial charge in [0.25, 0.3) is 5.91 Å². The van der Waals surface area contributed by atoms with Crippen LogP contribution >= 0.6 is 0 Å². The third-order valence-corrected chi connectivity index (χ3v) is 7.38. The summed E-state index contributed by atoms with van der Waals surface area (Å²) in [7, 11) is 0. The molecule has 0 unspecified atom stereocenters. The van der Waals surface area contributed by atoms with Gasteiger partial charge in [0, 0.05) is 47.7 Å². The van der Waals surface area contributed by atoms with Crippen molar-refractivity contribution in [1.29, 1.82) is 0 Å². The Morgan fingerprint density at radius 1 is 1.00 bits per heavy atom. The van der Waals surface area contributed by atoms with Gasteiger partial charge in [-0.15, -0.1) is 5.10 Å². The minimum Gasteiger partial charge on any atom is -0.379 e. The molecule has 2 aliphatic rings. The van der Waals surface area contributed by atoms with Crippen LogP contribution in [0.25, 0.3) is 16.8 Å². The Balaban J connectivity index is 1.20. The van der Waals surface area contributed by atoms with Crippen LogP contribution in [0.2, 0.25) is 0 Å². The van der Waals surface area contributed by atoms with Gasteiger partial charge in [0.05, 0.1) is 13.2 Å². The lowest BCUT2D eigenvalue weighted by atomic mass is 9.90. The number of ether oxygens (including phenoxy) is 1. The van der Waals surface area contributed by atoms with Gasteiger partial charge in [0.15, 0.2) is 5.65 Å². The van der Waals surface area contributed by atoms with Crippen LogP contribution in [0.4, 0.5) is 11.6 Å². The van der Waals surface area contributed by atoms with Crippen molar-refractivity contribution in [2.75, 3.05) is 31.6 Å². The van der Waals surface area contributed by atoms with E-state index in [0.29, 0.717) is 17.6 Å². The smallest absolute Gasteiger partial charge is 0.251 e. The fourth-order valence-corrected chi connectivity index (χ4v) is 4.88. The molecule has 1 aliphatic heterocycles. The molecule has 0 atom stereocenters. The highest BCUT2D eigenvalue weighted by molar-refractivity contribution is 5.95. The third kappa shape index (κ3) is 4.95. The topological polar surface area (TPSA) is 83.8 Å². The Morgan fingerprint density at radius 2 is 1.73 bits per heavy atom. The summed E-state index contributed by atoms with van der Waals surface area (Å²) < 4.78 is 7.33. The fourth-order valence-electron chi connectivity index (χ4n) is 4.88. The quantitative estimate of drug-likeness (QED) is 0.389. The normalized spacial score (nSPS) is 16.6. The molecule has 0 spiro atoms. The van der Waals surface area contributed by atoms with Crippen molar-refractivity contribution in [1.82, 2.24) is 24.8 Å². The maximum absolute atomic E-state index is 12.2. The Kier molecular flexibility index (Phi) is 6.14. The molecule has 3 heterocycles. The highest BCUT2D eigenvalue weighted by atomic mass is 16.5. The number of hydrogen-bond donors (Lipinski definition) is 2. The Hall–Kier alpha value is -3.75. The number of anilines is 2. The lowest BCUT2D eigenvalue weighted by molar-refractivity contribution is -0.0118. The van der Waals surface area contributed by atoms with E-state index in [1.807, 2.05) is 36.5 Å². The number of nitrogens with zero attached hydrogens (tertiary/aromatic N) is 4. The fraction of sp³-hybridized carbons (Fsp3) is 0.345. The number of carbonyl (C=O) groups is 1. The largest absolute Gasteiger partial charge is 0.379 e. The lowest BCUT2D eigenvalue weighted by Gasteiger charge is -2.41. The molecule has 1 saturated carbocycles. The number of carbonyl (C=O) groups excluding carboxylic acids is 1. The molecule has 6 rings (SSSR count). The number of rotatable bonds is 7. The number of benzene rings is 2. The van der Waals surface area contributed by atoms with Gasteiger partial charge in [-0.25, -0.2) is 4.52 Å². The SMILES string of the molecule is CC(C)(c1ccc(-c2cccn3nc(Nc4ccc(C(=O)NC5CC5)cc4)nc23)cc1)N1CCOCC1. The minimum atomic E-state index is -0.0611. The first-order valence-electron chi connectivity index (χ1n) is 12.9. The van der Waals surface area contributed by atoms with E-state index in [0.717, 1.165) is 61.6 Å². The maximum Gasteiger partial charge on any atom is 0.251 e. The Morgan fingerprint density at radius 3 is 2.43 bits per heavy atom. The number of nitrogens with one attached hydrogen (secondary N) is 2. The molecule has 1 amide bonds. The van der Waals surface area contributed by atoms with Gasteiger partial charge in [-0.2, -0.15) is 4.98 Å². The number of pyridine rings is 1. The van der Waals surface area contributed by atoms with Crippen LogP contribution in [0.1, 0.15) is 42.6 Å². The van der Waals surface area contributed by atoms with Gasteiger partial charge in [-0.3, -0.25) is 9.69 Å². The molecule has 2 aromatic carbocycles. The zero-order chi connectivity index (χ0) is 25.4. The summed E-state index contributed by atoms with van der Waals surface area (Å²) in [6.45, 7) is 8.01. The predicted octanol–water partition coefficient (Wildman–Crippen LogP) is 4.60. The molecule has 8 nitrogen and oxygen atoms in total. The van der Waals surface area contributed by atoms with Gasteiger partial charge >= 0.3 is 0 Å². The number of amides is 1. The second kappa shape index (κ2) is 9.61. The molecule has 0 radical (unpaired) electrons. The van der Waals surface area contributed by atoms with Gasteiger partial charge in [0.2, 0.25) is 5.95 Å². The first-order chi connectivity index (χ1) is 18.0. The van der Waals surface area contributed by atoms with E-state index in [1.165, 1.54) is 5.56 Å². The van der Waals surface area contributed by atoms with Crippen LogP contribution in [-0.4, -0.2) is 57.8 Å². The van der Waals surface area contributed by atoms with Crippen LogP contribution in [0.15, 0.2) is 66.9 Å². The second-order valence-corrected chi connectivity index (χ2v) is 10.3. The first-order valence-corrected chi connectivity index (χ1v) is 12.9. The molecule has 4 aromatic rings. The van der Waals surface area contributed by atoms with Crippen molar-refractivity contribution in [2.24, 2.45) is 0 Å². The van der Waals surface area contributed by atoms with Crippen LogP contribution in [0.3, 0.4) is 0 Å². The van der Waals surface area contributed by atoms with Crippen molar-refractivity contribution >= 4 is 23.2 Å². The molecule has 1 aliphatic carbocycles. The van der Waals surface area contributed by atoms with Crippen molar-refractivity contribution < 1.29 is 9.53 Å². The summed E-state index contributed by atoms with van der Waals surface area (Å²) in [5, 5.41) is 10.9. The zero-order valence-corrected chi connectivity index (χ0v) is 21.3. The van der Waals surface area contributed by atoms with E-state index >= 15 is 0 Å². The molecular weight excluding hydrogens is 464 g/mol. The minimum absolute atomic E-state index is 0.0242. The molecular formula is C29H32N6O2. The maximum atomic E-state index is 12.2. The zero-order valence-electron chi connectivity index (χ0n) is 21.3. The predicted molar refractivity (Wildman–Crippen MR) is 144 cm³/mol. The summed E-state index contributed by atoms with van der Waals surface area (Å²) in [5.41, 5.74) is 5.60. The summed E-state index contributed by atoms with van der Waals surface area (Å²) in [4.78, 5) is 19.5. The van der Waals surface area contributed by atoms with E-state index in [2.05, 4.69) is 64.8 Å². The highest BCUT2D eigenvalue weighted by Crippen LogP contribution is 2.32. The van der Waals surface area contributed by atoms with Crippen LogP contribution in [-0.2, 0) is 10.3 Å². The number of hydrogen-bond acceptors (Lipinski definition) is 6. The number of morpholine rings is 1. The van der Waals surface area contributed by atoms with E-state index < -0.39 is 0 Å². The molecule has 2 fully saturated rings. The highest BCUT2D eigenvalue weighted by Gasteiger charge is 2.30. The standard InChI is InChI=1S/C29H32N6O2/c1-29(2,34-16-18-37-19-17-34)22-9-5-20(6-10-22)25-4-3-15-35-26(25)32-28(33-35)31-24-11-7-21(8-12-24)27(36)30-23-13-14-23/h3-12,15,23H,13-14,16-19H2,1-2H3,(H,30,36)(H,31,33). The average Bonchev–Trinajstić information content (AvgIpc) is 3.65. The van der Waals surface area contributed by atoms with Gasteiger partial charge in [-0.1, -0.05) is 24.3 Å². The van der Waals surface area contributed by atoms with Crippen molar-refractivity contribution in [3.8, 4) is 11.1 Å². The first kappa shape index (κ1) is 23.6. The van der Waals surface area contributed by atoms with Crippen molar-refractivity contribution in [3.63, 3.8) is 0 Å². The summed E-state index contributed by atoms with van der Waals surface area (Å²) >= 11 is 0. The van der Waals surface area contributed by atoms with E-state index in [1.54, 1.807) is 4.52 Å². The molecule has 2 aromatic heterocycles. The lowest BCUT2D eigenvalue weighted by Crippen LogP contribution is -2.47. The molecule has 1 saturated heterocycles. The van der Waals surface area contributed by atoms with Gasteiger partial charge in [0.1, 0.15) is 0 Å². The van der Waals surface area contributed by atoms with Crippen LogP contribution in [0.5, 0.6) is 0 Å². The Labute approximate surface area is 216 Å². The van der Waals surface area contributed by atoms with E-state index in [4.69, 9.17) is 9.72 Å². The van der Waals surface area contributed by atoms with E-state index in [9.17, 15) is 4.79 Å². The van der Waals surface area contributed by atoms with E-state index in [-0.39, 0.29) is 11.4 Å². The van der Waals surface area contributed by atoms with Gasteiger partial charge < -0.3 is 15.4 Å². The summed E-state index contributed by atoms with van der Waals surface area (Å²) in [6, 6.07) is 20.6. The van der Waals surface area contributed by atoms with Crippen molar-refractivity contribution in [2.45, 2.75) is 38.3 Å². The molecule has 0 bridgehead atoms. The van der Waals surface area contributed by atoms with Crippen LogP contribution in [0, 0.1) is 0 Å². The van der Waals surface area contributed by atoms with Gasteiger partial charge in [-0.05, 0) is 74.2 Å². The summed E-state index contributed by atoms with van der Waals surface area (Å²) in [6.07, 6.45) is 4.05. The number of aromatic nitrogens is 3. The summed E-state index contributed by atoms with van der Waals surface area (Å²) in [5.74, 6) is 0.483. The average molecular weight is 497 g/mol. The molecule has 2 N–H and O–H groups in total. The Bertz CT molecular complexity index is 1400.